The lowest BCUT2D eigenvalue weighted by atomic mass is 10.1. The van der Waals surface area contributed by atoms with Crippen molar-refractivity contribution in [3.05, 3.63) is 29.8 Å². The first-order valence-corrected chi connectivity index (χ1v) is 12.6. The quantitative estimate of drug-likeness (QED) is 0.554. The molecule has 2 aliphatic heterocycles. The number of nitrogens with zero attached hydrogens (tertiary/aromatic N) is 4. The Morgan fingerprint density at radius 2 is 1.78 bits per heavy atom. The lowest BCUT2D eigenvalue weighted by Crippen LogP contribution is -2.47. The van der Waals surface area contributed by atoms with Gasteiger partial charge < -0.3 is 20.0 Å². The molecule has 1 N–H and O–H groups in total. The molecule has 0 aliphatic carbocycles. The van der Waals surface area contributed by atoms with E-state index in [9.17, 15) is 18.0 Å². The average molecular weight is 466 g/mol. The van der Waals surface area contributed by atoms with Crippen molar-refractivity contribution >= 4 is 21.8 Å². The van der Waals surface area contributed by atoms with E-state index in [0.717, 1.165) is 31.6 Å². The molecule has 178 valence electrons. The third-order valence-electron chi connectivity index (χ3n) is 6.11. The Balaban J connectivity index is 1.49. The Morgan fingerprint density at radius 3 is 2.41 bits per heavy atom. The third kappa shape index (κ3) is 6.28. The summed E-state index contributed by atoms with van der Waals surface area (Å²) in [5.41, 5.74) is 0.822. The molecule has 3 rings (SSSR count). The van der Waals surface area contributed by atoms with Crippen molar-refractivity contribution in [2.24, 2.45) is 5.92 Å². The number of piperazine rings is 1. The molecule has 2 heterocycles. The number of hydrogen-bond acceptors (Lipinski definition) is 6. The van der Waals surface area contributed by atoms with Gasteiger partial charge in [0, 0.05) is 52.2 Å². The summed E-state index contributed by atoms with van der Waals surface area (Å²) in [5, 5.41) is 2.89. The van der Waals surface area contributed by atoms with Gasteiger partial charge in [-0.2, -0.15) is 4.31 Å². The van der Waals surface area contributed by atoms with Crippen LogP contribution in [0.15, 0.2) is 29.2 Å². The molecule has 0 aromatic heterocycles. The normalized spacial score (nSPS) is 20.8. The number of carbonyl (C=O) groups excluding carboxylic acids is 2. The van der Waals surface area contributed by atoms with Crippen LogP contribution in [-0.2, 0) is 26.2 Å². The van der Waals surface area contributed by atoms with Crippen molar-refractivity contribution in [2.75, 3.05) is 67.0 Å². The van der Waals surface area contributed by atoms with Crippen LogP contribution < -0.4 is 5.32 Å². The molecule has 2 amide bonds. The Hall–Kier alpha value is -2.01. The van der Waals surface area contributed by atoms with Crippen LogP contribution in [-0.4, -0.2) is 106 Å². The van der Waals surface area contributed by atoms with Gasteiger partial charge in [0.05, 0.1) is 10.8 Å². The van der Waals surface area contributed by atoms with Gasteiger partial charge in [-0.15, -0.1) is 0 Å². The number of amides is 2. The fourth-order valence-electron chi connectivity index (χ4n) is 4.03. The van der Waals surface area contributed by atoms with Crippen LogP contribution >= 0.6 is 0 Å². The van der Waals surface area contributed by atoms with Crippen molar-refractivity contribution < 1.29 is 18.0 Å². The molecule has 9 nitrogen and oxygen atoms in total. The second-order valence-electron chi connectivity index (χ2n) is 8.97. The van der Waals surface area contributed by atoms with Crippen LogP contribution in [0, 0.1) is 5.92 Å². The zero-order valence-electron chi connectivity index (χ0n) is 19.3. The summed E-state index contributed by atoms with van der Waals surface area (Å²) in [7, 11) is 2.48. The van der Waals surface area contributed by atoms with Gasteiger partial charge in [0.1, 0.15) is 0 Å². The van der Waals surface area contributed by atoms with Crippen molar-refractivity contribution in [3.8, 4) is 0 Å². The molecule has 2 aliphatic rings. The first-order chi connectivity index (χ1) is 15.2. The molecular formula is C22H35N5O4S. The molecule has 32 heavy (non-hydrogen) atoms. The molecule has 1 atom stereocenters. The third-order valence-corrected chi connectivity index (χ3v) is 8.02. The summed E-state index contributed by atoms with van der Waals surface area (Å²) in [5.74, 6) is -0.441. The second kappa shape index (κ2) is 10.7. The highest BCUT2D eigenvalue weighted by Gasteiger charge is 2.33. The summed E-state index contributed by atoms with van der Waals surface area (Å²) in [6.45, 7) is 4.76. The maximum atomic E-state index is 12.8. The molecule has 2 saturated heterocycles. The average Bonchev–Trinajstić information content (AvgIpc) is 3.13. The molecule has 0 radical (unpaired) electrons. The fourth-order valence-corrected chi connectivity index (χ4v) is 5.45. The summed E-state index contributed by atoms with van der Waals surface area (Å²) < 4.78 is 27.2. The van der Waals surface area contributed by atoms with Gasteiger partial charge in [-0.05, 0) is 51.8 Å². The number of carbonyl (C=O) groups is 2. The lowest BCUT2D eigenvalue weighted by Gasteiger charge is -2.31. The molecule has 10 heteroatoms. The Morgan fingerprint density at radius 1 is 1.12 bits per heavy atom. The van der Waals surface area contributed by atoms with Crippen LogP contribution in [0.3, 0.4) is 0 Å². The summed E-state index contributed by atoms with van der Waals surface area (Å²) >= 11 is 0. The van der Waals surface area contributed by atoms with E-state index in [2.05, 4.69) is 15.1 Å². The highest BCUT2D eigenvalue weighted by atomic mass is 32.2. The largest absolute Gasteiger partial charge is 0.352 e. The number of sulfonamides is 1. The highest BCUT2D eigenvalue weighted by Crippen LogP contribution is 2.20. The van der Waals surface area contributed by atoms with E-state index in [-0.39, 0.29) is 29.0 Å². The van der Waals surface area contributed by atoms with Gasteiger partial charge in [-0.3, -0.25) is 9.59 Å². The van der Waals surface area contributed by atoms with E-state index >= 15 is 0 Å². The number of hydrogen-bond donors (Lipinski definition) is 1. The predicted octanol–water partition coefficient (Wildman–Crippen LogP) is 0.0391. The second-order valence-corrected chi connectivity index (χ2v) is 10.9. The van der Waals surface area contributed by atoms with Gasteiger partial charge in [0.2, 0.25) is 21.8 Å². The zero-order valence-corrected chi connectivity index (χ0v) is 20.1. The van der Waals surface area contributed by atoms with E-state index in [1.165, 1.54) is 4.31 Å². The van der Waals surface area contributed by atoms with Crippen LogP contribution in [0.5, 0.6) is 0 Å². The summed E-state index contributed by atoms with van der Waals surface area (Å²) in [4.78, 5) is 31.0. The van der Waals surface area contributed by atoms with E-state index in [4.69, 9.17) is 0 Å². The SMILES string of the molecule is CN(C)CCCN1CC(C(=O)NCc2ccc(S(=O)(=O)N3CCN(C)CC3)cc2)CC1=O. The first kappa shape index (κ1) is 24.6. The number of likely N-dealkylation sites (N-methyl/N-ethyl adjacent to an activating group) is 1. The van der Waals surface area contributed by atoms with Crippen molar-refractivity contribution in [3.63, 3.8) is 0 Å². The molecule has 0 saturated carbocycles. The number of benzene rings is 1. The van der Waals surface area contributed by atoms with Crippen molar-refractivity contribution in [1.82, 2.24) is 24.3 Å². The van der Waals surface area contributed by atoms with Crippen LogP contribution in [0.4, 0.5) is 0 Å². The van der Waals surface area contributed by atoms with E-state index in [0.29, 0.717) is 32.7 Å². The van der Waals surface area contributed by atoms with Crippen LogP contribution in [0.25, 0.3) is 0 Å². The fraction of sp³-hybridized carbons (Fsp3) is 0.636. The highest BCUT2D eigenvalue weighted by molar-refractivity contribution is 7.89. The summed E-state index contributed by atoms with van der Waals surface area (Å²) in [6, 6.07) is 6.66. The smallest absolute Gasteiger partial charge is 0.243 e. The maximum absolute atomic E-state index is 12.8. The molecule has 1 aromatic rings. The van der Waals surface area contributed by atoms with E-state index in [1.54, 1.807) is 29.2 Å². The van der Waals surface area contributed by atoms with Crippen LogP contribution in [0.2, 0.25) is 0 Å². The predicted molar refractivity (Wildman–Crippen MR) is 122 cm³/mol. The van der Waals surface area contributed by atoms with E-state index in [1.807, 2.05) is 21.1 Å². The van der Waals surface area contributed by atoms with Crippen LogP contribution in [0.1, 0.15) is 18.4 Å². The molecule has 1 aromatic carbocycles. The topological polar surface area (TPSA) is 93.3 Å². The van der Waals surface area contributed by atoms with E-state index < -0.39 is 10.0 Å². The minimum Gasteiger partial charge on any atom is -0.352 e. The maximum Gasteiger partial charge on any atom is 0.243 e. The molecule has 2 fully saturated rings. The lowest BCUT2D eigenvalue weighted by molar-refractivity contribution is -0.129. The molecule has 1 unspecified atom stereocenters. The Bertz CT molecular complexity index is 895. The minimum absolute atomic E-state index is 0.0300. The monoisotopic (exact) mass is 465 g/mol. The van der Waals surface area contributed by atoms with Crippen molar-refractivity contribution in [1.29, 1.82) is 0 Å². The zero-order chi connectivity index (χ0) is 23.3. The molecular weight excluding hydrogens is 430 g/mol. The Kier molecular flexibility index (Phi) is 8.26. The van der Waals surface area contributed by atoms with Gasteiger partial charge in [-0.25, -0.2) is 8.42 Å². The molecule has 0 bridgehead atoms. The van der Waals surface area contributed by atoms with Gasteiger partial charge in [-0.1, -0.05) is 12.1 Å². The van der Waals surface area contributed by atoms with Crippen molar-refractivity contribution in [2.45, 2.75) is 24.3 Å². The van der Waals surface area contributed by atoms with Gasteiger partial charge >= 0.3 is 0 Å². The first-order valence-electron chi connectivity index (χ1n) is 11.1. The number of rotatable bonds is 9. The number of likely N-dealkylation sites (tertiary alicyclic amines) is 1. The Labute approximate surface area is 191 Å². The molecule has 0 spiro atoms. The number of nitrogens with one attached hydrogen (secondary N) is 1. The summed E-state index contributed by atoms with van der Waals surface area (Å²) in [6.07, 6.45) is 1.13. The standard InChI is InChI=1S/C22H35N5O4S/c1-24(2)9-4-10-26-17-19(15-21(26)28)22(29)23-16-18-5-7-20(8-6-18)32(30,31)27-13-11-25(3)12-14-27/h5-8,19H,4,9-17H2,1-3H3,(H,23,29). The van der Waals surface area contributed by atoms with Gasteiger partial charge in [0.15, 0.2) is 0 Å². The minimum atomic E-state index is -3.50. The van der Waals surface area contributed by atoms with Gasteiger partial charge in [0.25, 0.3) is 0 Å².